The first-order valence-corrected chi connectivity index (χ1v) is 7.43. The lowest BCUT2D eigenvalue weighted by Crippen LogP contribution is -2.18. The van der Waals surface area contributed by atoms with E-state index in [2.05, 4.69) is 17.0 Å². The van der Waals surface area contributed by atoms with Crippen LogP contribution in [0.1, 0.15) is 18.2 Å². The van der Waals surface area contributed by atoms with Gasteiger partial charge in [-0.2, -0.15) is 5.10 Å². The maximum atomic E-state index is 11.5. The Balaban J connectivity index is 2.28. The molecular weight excluding hydrogens is 254 g/mol. The third-order valence-corrected chi connectivity index (χ3v) is 4.60. The van der Waals surface area contributed by atoms with Gasteiger partial charge in [0.2, 0.25) is 5.91 Å². The summed E-state index contributed by atoms with van der Waals surface area (Å²) in [6.45, 7) is 5.17. The van der Waals surface area contributed by atoms with Crippen LogP contribution in [0.3, 0.4) is 0 Å². The first-order chi connectivity index (χ1) is 8.41. The molecule has 1 saturated heterocycles. The number of hydrogen-bond donors (Lipinski definition) is 1. The maximum Gasteiger partial charge on any atom is 0.248 e. The monoisotopic (exact) mass is 269 g/mol. The summed E-state index contributed by atoms with van der Waals surface area (Å²) in [5.74, 6) is 0.424. The summed E-state index contributed by atoms with van der Waals surface area (Å²) in [6, 6.07) is 1.51. The normalized spacial score (nSPS) is 21.7. The highest BCUT2D eigenvalue weighted by Crippen LogP contribution is 2.27. The van der Waals surface area contributed by atoms with Crippen LogP contribution in [0.25, 0.3) is 0 Å². The number of aromatic nitrogens is 2. The highest BCUT2D eigenvalue weighted by Gasteiger charge is 2.31. The van der Waals surface area contributed by atoms with Crippen molar-refractivity contribution in [3.05, 3.63) is 24.4 Å². The lowest BCUT2D eigenvalue weighted by atomic mass is 10.3. The Kier molecular flexibility index (Phi) is 3.25. The zero-order valence-electron chi connectivity index (χ0n) is 10.1. The van der Waals surface area contributed by atoms with Gasteiger partial charge in [-0.1, -0.05) is 6.58 Å². The van der Waals surface area contributed by atoms with E-state index < -0.39 is 9.84 Å². The molecule has 1 aliphatic rings. The summed E-state index contributed by atoms with van der Waals surface area (Å²) < 4.78 is 24.5. The van der Waals surface area contributed by atoms with Crippen molar-refractivity contribution in [1.82, 2.24) is 9.78 Å². The van der Waals surface area contributed by atoms with Gasteiger partial charge in [0.1, 0.15) is 5.82 Å². The number of carbonyl (C=O) groups excluding carboxylic acids is 1. The average Bonchev–Trinajstić information content (AvgIpc) is 2.81. The highest BCUT2D eigenvalue weighted by molar-refractivity contribution is 7.91. The van der Waals surface area contributed by atoms with Crippen LogP contribution >= 0.6 is 0 Å². The fourth-order valence-electron chi connectivity index (χ4n) is 2.03. The largest absolute Gasteiger partial charge is 0.307 e. The molecule has 0 bridgehead atoms. The molecule has 1 N–H and O–H groups in total. The summed E-state index contributed by atoms with van der Waals surface area (Å²) in [5.41, 5.74) is 0.735. The van der Waals surface area contributed by atoms with Crippen molar-refractivity contribution in [2.75, 3.05) is 16.8 Å². The van der Waals surface area contributed by atoms with E-state index >= 15 is 0 Å². The Bertz CT molecular complexity index is 589. The number of aryl methyl sites for hydroxylation is 1. The number of carbonyl (C=O) groups is 1. The number of amides is 1. The SMILES string of the molecule is C=CC(=O)Nc1cc(C)nn1C1CCS(=O)(=O)C1. The van der Waals surface area contributed by atoms with Gasteiger partial charge in [0.15, 0.2) is 9.84 Å². The Morgan fingerprint density at radius 3 is 2.94 bits per heavy atom. The molecule has 1 amide bonds. The third kappa shape index (κ3) is 2.61. The van der Waals surface area contributed by atoms with Crippen molar-refractivity contribution < 1.29 is 13.2 Å². The van der Waals surface area contributed by atoms with Crippen molar-refractivity contribution in [2.24, 2.45) is 0 Å². The Hall–Kier alpha value is -1.63. The van der Waals surface area contributed by atoms with Gasteiger partial charge in [0.25, 0.3) is 0 Å². The Labute approximate surface area is 106 Å². The molecule has 98 valence electrons. The van der Waals surface area contributed by atoms with Crippen molar-refractivity contribution in [1.29, 1.82) is 0 Å². The van der Waals surface area contributed by atoms with E-state index in [1.807, 2.05) is 0 Å². The van der Waals surface area contributed by atoms with E-state index in [0.29, 0.717) is 12.2 Å². The molecule has 7 heteroatoms. The molecule has 1 aliphatic heterocycles. The second-order valence-corrected chi connectivity index (χ2v) is 6.59. The van der Waals surface area contributed by atoms with Gasteiger partial charge in [-0.3, -0.25) is 4.79 Å². The fourth-order valence-corrected chi connectivity index (χ4v) is 3.73. The highest BCUT2D eigenvalue weighted by atomic mass is 32.2. The number of hydrogen-bond acceptors (Lipinski definition) is 4. The molecule has 1 aromatic heterocycles. The molecule has 0 aromatic carbocycles. The van der Waals surface area contributed by atoms with Crippen molar-refractivity contribution in [3.8, 4) is 0 Å². The molecule has 1 unspecified atom stereocenters. The van der Waals surface area contributed by atoms with E-state index in [0.717, 1.165) is 11.8 Å². The van der Waals surface area contributed by atoms with Gasteiger partial charge in [0.05, 0.1) is 23.2 Å². The fraction of sp³-hybridized carbons (Fsp3) is 0.455. The molecular formula is C11H15N3O3S. The van der Waals surface area contributed by atoms with E-state index in [1.54, 1.807) is 17.7 Å². The van der Waals surface area contributed by atoms with Crippen LogP contribution in [0.15, 0.2) is 18.7 Å². The smallest absolute Gasteiger partial charge is 0.248 e. The summed E-state index contributed by atoms with van der Waals surface area (Å²) >= 11 is 0. The van der Waals surface area contributed by atoms with Crippen LogP contribution in [0.5, 0.6) is 0 Å². The van der Waals surface area contributed by atoms with Gasteiger partial charge >= 0.3 is 0 Å². The minimum atomic E-state index is -2.98. The Morgan fingerprint density at radius 2 is 2.39 bits per heavy atom. The van der Waals surface area contributed by atoms with Crippen LogP contribution < -0.4 is 5.32 Å². The maximum absolute atomic E-state index is 11.5. The van der Waals surface area contributed by atoms with E-state index in [-0.39, 0.29) is 23.5 Å². The minimum Gasteiger partial charge on any atom is -0.307 e. The van der Waals surface area contributed by atoms with E-state index in [1.165, 1.54) is 0 Å². The predicted molar refractivity (Wildman–Crippen MR) is 68.1 cm³/mol. The molecule has 2 rings (SSSR count). The number of nitrogens with zero attached hydrogens (tertiary/aromatic N) is 2. The summed E-state index contributed by atoms with van der Waals surface area (Å²) in [5, 5.41) is 6.88. The van der Waals surface area contributed by atoms with Crippen molar-refractivity contribution in [3.63, 3.8) is 0 Å². The quantitative estimate of drug-likeness (QED) is 0.818. The molecule has 18 heavy (non-hydrogen) atoms. The molecule has 0 aliphatic carbocycles. The summed E-state index contributed by atoms with van der Waals surface area (Å²) in [7, 11) is -2.98. The zero-order chi connectivity index (χ0) is 13.3. The standard InChI is InChI=1S/C11H15N3O3S/c1-3-11(15)12-10-6-8(2)13-14(10)9-4-5-18(16,17)7-9/h3,6,9H,1,4-5,7H2,2H3,(H,12,15). The first kappa shape index (κ1) is 12.8. The number of sulfone groups is 1. The van der Waals surface area contributed by atoms with Crippen LogP contribution in [0.4, 0.5) is 5.82 Å². The molecule has 0 saturated carbocycles. The van der Waals surface area contributed by atoms with Crippen molar-refractivity contribution in [2.45, 2.75) is 19.4 Å². The number of nitrogens with one attached hydrogen (secondary N) is 1. The van der Waals surface area contributed by atoms with E-state index in [9.17, 15) is 13.2 Å². The predicted octanol–water partition coefficient (Wildman–Crippen LogP) is 0.676. The lowest BCUT2D eigenvalue weighted by molar-refractivity contribution is -0.111. The van der Waals surface area contributed by atoms with Crippen molar-refractivity contribution >= 4 is 21.6 Å². The van der Waals surface area contributed by atoms with E-state index in [4.69, 9.17) is 0 Å². The number of anilines is 1. The molecule has 0 radical (unpaired) electrons. The second-order valence-electron chi connectivity index (χ2n) is 4.37. The minimum absolute atomic E-state index is 0.0745. The van der Waals surface area contributed by atoms with Gasteiger partial charge in [-0.25, -0.2) is 13.1 Å². The van der Waals surface area contributed by atoms with Crippen LogP contribution in [-0.4, -0.2) is 35.6 Å². The molecule has 1 atom stereocenters. The molecule has 1 fully saturated rings. The molecule has 1 aromatic rings. The second kappa shape index (κ2) is 4.56. The summed E-state index contributed by atoms with van der Waals surface area (Å²) in [6.07, 6.45) is 1.69. The lowest BCUT2D eigenvalue weighted by Gasteiger charge is -2.12. The molecule has 0 spiro atoms. The Morgan fingerprint density at radius 1 is 1.67 bits per heavy atom. The molecule has 2 heterocycles. The zero-order valence-corrected chi connectivity index (χ0v) is 10.9. The van der Waals surface area contributed by atoms with Crippen LogP contribution in [0, 0.1) is 6.92 Å². The van der Waals surface area contributed by atoms with Gasteiger partial charge < -0.3 is 5.32 Å². The van der Waals surface area contributed by atoms with Gasteiger partial charge in [0, 0.05) is 6.07 Å². The van der Waals surface area contributed by atoms with Crippen LogP contribution in [-0.2, 0) is 14.6 Å². The average molecular weight is 269 g/mol. The topological polar surface area (TPSA) is 81.1 Å². The third-order valence-electron chi connectivity index (χ3n) is 2.85. The first-order valence-electron chi connectivity index (χ1n) is 5.61. The van der Waals surface area contributed by atoms with Crippen LogP contribution in [0.2, 0.25) is 0 Å². The summed E-state index contributed by atoms with van der Waals surface area (Å²) in [4.78, 5) is 11.3. The molecule has 6 nitrogen and oxygen atoms in total. The van der Waals surface area contributed by atoms with Gasteiger partial charge in [-0.05, 0) is 19.4 Å². The van der Waals surface area contributed by atoms with Gasteiger partial charge in [-0.15, -0.1) is 0 Å². The number of rotatable bonds is 3.